The third-order valence-electron chi connectivity index (χ3n) is 5.40. The number of ether oxygens (including phenoxy) is 1. The van der Waals surface area contributed by atoms with Gasteiger partial charge in [-0.3, -0.25) is 0 Å². The summed E-state index contributed by atoms with van der Waals surface area (Å²) in [5.74, 6) is 1.52. The van der Waals surface area contributed by atoms with Crippen LogP contribution in [0.5, 0.6) is 0 Å². The van der Waals surface area contributed by atoms with Crippen molar-refractivity contribution in [3.63, 3.8) is 0 Å². The quantitative estimate of drug-likeness (QED) is 0.647. The number of imidazole rings is 1. The summed E-state index contributed by atoms with van der Waals surface area (Å²) < 4.78 is 33.7. The van der Waals surface area contributed by atoms with Crippen LogP contribution in [0.3, 0.4) is 0 Å². The van der Waals surface area contributed by atoms with Crippen molar-refractivity contribution in [2.45, 2.75) is 55.5 Å². The molecule has 1 aliphatic heterocycles. The first-order valence-corrected chi connectivity index (χ1v) is 11.5. The van der Waals surface area contributed by atoms with E-state index < -0.39 is 9.84 Å². The molecule has 0 saturated carbocycles. The first-order valence-electron chi connectivity index (χ1n) is 10.0. The molecule has 1 aliphatic rings. The van der Waals surface area contributed by atoms with Crippen molar-refractivity contribution in [1.29, 1.82) is 0 Å². The molecular weight excluding hydrogens is 386 g/mol. The molecule has 0 N–H and O–H groups in total. The maximum Gasteiger partial charge on any atom is 0.223 e. The fourth-order valence-electron chi connectivity index (χ4n) is 3.85. The van der Waals surface area contributed by atoms with Crippen LogP contribution in [0.4, 0.5) is 0 Å². The normalized spacial score (nSPS) is 16.4. The molecular formula is C22H27N3O3S. The Hall–Kier alpha value is -2.25. The molecule has 154 valence electrons. The molecule has 4 rings (SSSR count). The molecule has 0 radical (unpaired) electrons. The van der Waals surface area contributed by atoms with Crippen molar-refractivity contribution in [2.24, 2.45) is 5.92 Å². The van der Waals surface area contributed by atoms with Gasteiger partial charge in [-0.05, 0) is 49.1 Å². The molecule has 1 saturated heterocycles. The minimum Gasteiger partial charge on any atom is -0.381 e. The van der Waals surface area contributed by atoms with Gasteiger partial charge in [0.05, 0.1) is 15.9 Å². The van der Waals surface area contributed by atoms with Gasteiger partial charge in [0.25, 0.3) is 0 Å². The molecule has 2 aromatic heterocycles. The fourth-order valence-corrected chi connectivity index (χ4v) is 5.06. The molecule has 0 aliphatic carbocycles. The number of pyridine rings is 1. The van der Waals surface area contributed by atoms with E-state index >= 15 is 0 Å². The average molecular weight is 414 g/mol. The first-order chi connectivity index (χ1) is 13.8. The van der Waals surface area contributed by atoms with E-state index in [9.17, 15) is 8.42 Å². The minimum absolute atomic E-state index is 0.0528. The maximum atomic E-state index is 13.0. The van der Waals surface area contributed by atoms with Crippen LogP contribution in [-0.4, -0.2) is 36.2 Å². The molecule has 7 heteroatoms. The highest BCUT2D eigenvalue weighted by Crippen LogP contribution is 2.31. The van der Waals surface area contributed by atoms with E-state index in [0.717, 1.165) is 43.9 Å². The van der Waals surface area contributed by atoms with Crippen LogP contribution in [0.15, 0.2) is 52.5 Å². The standard InChI is InChI=1S/C22H27N3O3S/c1-22(2,3)21-24-18-14-17(29(26,27)20-6-4-5-11-23-20)7-8-19(18)25(21)15-16-9-12-28-13-10-16/h4-8,11,14,16H,9-10,12-13,15H2,1-3H3. The highest BCUT2D eigenvalue weighted by Gasteiger charge is 2.27. The Morgan fingerprint density at radius 1 is 1.14 bits per heavy atom. The zero-order valence-corrected chi connectivity index (χ0v) is 17.9. The van der Waals surface area contributed by atoms with Crippen molar-refractivity contribution >= 4 is 20.9 Å². The Balaban J connectivity index is 1.80. The number of nitrogens with zero attached hydrogens (tertiary/aromatic N) is 3. The highest BCUT2D eigenvalue weighted by molar-refractivity contribution is 7.91. The van der Waals surface area contributed by atoms with E-state index in [-0.39, 0.29) is 15.3 Å². The summed E-state index contributed by atoms with van der Waals surface area (Å²) in [7, 11) is -3.67. The second-order valence-electron chi connectivity index (χ2n) is 8.67. The Bertz CT molecular complexity index is 1110. The van der Waals surface area contributed by atoms with Crippen LogP contribution < -0.4 is 0 Å². The van der Waals surface area contributed by atoms with Crippen LogP contribution in [0.25, 0.3) is 11.0 Å². The second-order valence-corrected chi connectivity index (χ2v) is 10.6. The van der Waals surface area contributed by atoms with Gasteiger partial charge in [-0.1, -0.05) is 26.8 Å². The zero-order valence-electron chi connectivity index (χ0n) is 17.1. The van der Waals surface area contributed by atoms with Gasteiger partial charge in [0, 0.05) is 31.4 Å². The van der Waals surface area contributed by atoms with Crippen LogP contribution in [0.1, 0.15) is 39.4 Å². The Morgan fingerprint density at radius 2 is 1.90 bits per heavy atom. The fraction of sp³-hybridized carbons (Fsp3) is 0.455. The van der Waals surface area contributed by atoms with Gasteiger partial charge in [-0.2, -0.15) is 0 Å². The molecule has 1 fully saturated rings. The Labute approximate surface area is 171 Å². The number of hydrogen-bond acceptors (Lipinski definition) is 5. The van der Waals surface area contributed by atoms with Crippen molar-refractivity contribution in [3.8, 4) is 0 Å². The van der Waals surface area contributed by atoms with Gasteiger partial charge in [-0.15, -0.1) is 0 Å². The monoisotopic (exact) mass is 413 g/mol. The molecule has 0 unspecified atom stereocenters. The van der Waals surface area contributed by atoms with Crippen LogP contribution >= 0.6 is 0 Å². The van der Waals surface area contributed by atoms with E-state index in [0.29, 0.717) is 11.4 Å². The molecule has 0 spiro atoms. The SMILES string of the molecule is CC(C)(C)c1nc2cc(S(=O)(=O)c3ccccn3)ccc2n1CC1CCOCC1. The van der Waals surface area contributed by atoms with Crippen molar-refractivity contribution in [1.82, 2.24) is 14.5 Å². The van der Waals surface area contributed by atoms with Crippen LogP contribution in [-0.2, 0) is 26.5 Å². The lowest BCUT2D eigenvalue weighted by atomic mass is 9.94. The van der Waals surface area contributed by atoms with E-state index in [4.69, 9.17) is 9.72 Å². The average Bonchev–Trinajstić information content (AvgIpc) is 3.08. The molecule has 0 bridgehead atoms. The van der Waals surface area contributed by atoms with Crippen molar-refractivity contribution in [2.75, 3.05) is 13.2 Å². The molecule has 1 aromatic carbocycles. The van der Waals surface area contributed by atoms with E-state index in [1.165, 1.54) is 12.3 Å². The predicted molar refractivity (Wildman–Crippen MR) is 112 cm³/mol. The largest absolute Gasteiger partial charge is 0.381 e. The van der Waals surface area contributed by atoms with E-state index in [1.54, 1.807) is 24.3 Å². The summed E-state index contributed by atoms with van der Waals surface area (Å²) in [5.41, 5.74) is 1.53. The van der Waals surface area contributed by atoms with Crippen LogP contribution in [0.2, 0.25) is 0 Å². The number of fused-ring (bicyclic) bond motifs is 1. The van der Waals surface area contributed by atoms with Gasteiger partial charge in [0.2, 0.25) is 9.84 Å². The summed E-state index contributed by atoms with van der Waals surface area (Å²) in [4.78, 5) is 9.11. The number of aromatic nitrogens is 3. The van der Waals surface area contributed by atoms with Gasteiger partial charge in [-0.25, -0.2) is 18.4 Å². The summed E-state index contributed by atoms with van der Waals surface area (Å²) in [6.07, 6.45) is 3.57. The number of benzene rings is 1. The Kier molecular flexibility index (Phi) is 5.21. The summed E-state index contributed by atoms with van der Waals surface area (Å²) in [6, 6.07) is 10.1. The molecule has 0 amide bonds. The topological polar surface area (TPSA) is 74.1 Å². The summed E-state index contributed by atoms with van der Waals surface area (Å²) in [6.45, 7) is 8.89. The van der Waals surface area contributed by atoms with Crippen LogP contribution in [0, 0.1) is 5.92 Å². The first kappa shape index (κ1) is 20.0. The molecule has 3 heterocycles. The lowest BCUT2D eigenvalue weighted by Crippen LogP contribution is -2.25. The second kappa shape index (κ2) is 7.54. The number of rotatable bonds is 4. The smallest absolute Gasteiger partial charge is 0.223 e. The number of sulfone groups is 1. The molecule has 6 nitrogen and oxygen atoms in total. The minimum atomic E-state index is -3.67. The van der Waals surface area contributed by atoms with Crippen molar-refractivity contribution < 1.29 is 13.2 Å². The maximum absolute atomic E-state index is 13.0. The predicted octanol–water partition coefficient (Wildman–Crippen LogP) is 3.99. The molecule has 29 heavy (non-hydrogen) atoms. The molecule has 0 atom stereocenters. The van der Waals surface area contributed by atoms with Gasteiger partial charge in [0.1, 0.15) is 5.82 Å². The summed E-state index contributed by atoms with van der Waals surface area (Å²) in [5, 5.41) is 0.0528. The number of hydrogen-bond donors (Lipinski definition) is 0. The van der Waals surface area contributed by atoms with E-state index in [1.807, 2.05) is 6.07 Å². The highest BCUT2D eigenvalue weighted by atomic mass is 32.2. The third-order valence-corrected chi connectivity index (χ3v) is 7.06. The zero-order chi connectivity index (χ0) is 20.6. The lowest BCUT2D eigenvalue weighted by Gasteiger charge is -2.26. The van der Waals surface area contributed by atoms with Crippen molar-refractivity contribution in [3.05, 3.63) is 48.4 Å². The van der Waals surface area contributed by atoms with Gasteiger partial charge in [0.15, 0.2) is 5.03 Å². The van der Waals surface area contributed by atoms with E-state index in [2.05, 4.69) is 30.3 Å². The van der Waals surface area contributed by atoms with Gasteiger partial charge < -0.3 is 9.30 Å². The summed E-state index contributed by atoms with van der Waals surface area (Å²) >= 11 is 0. The Morgan fingerprint density at radius 3 is 2.55 bits per heavy atom. The third kappa shape index (κ3) is 3.94. The molecule has 3 aromatic rings. The lowest BCUT2D eigenvalue weighted by molar-refractivity contribution is 0.0611. The van der Waals surface area contributed by atoms with Gasteiger partial charge >= 0.3 is 0 Å².